The standard InChI is InChI=1S/C13H16FNO2/c14-11-4-2-10(3-5-11)12-6-1-9(8-15-12)7-13(16)17/h2-5,9,12,15H,1,6-8H2,(H,16,17). The number of piperidine rings is 1. The van der Waals surface area contributed by atoms with Crippen LogP contribution in [0.15, 0.2) is 24.3 Å². The van der Waals surface area contributed by atoms with Gasteiger partial charge in [0.05, 0.1) is 0 Å². The number of hydrogen-bond donors (Lipinski definition) is 2. The molecule has 1 heterocycles. The zero-order valence-corrected chi connectivity index (χ0v) is 9.53. The van der Waals surface area contributed by atoms with Gasteiger partial charge < -0.3 is 10.4 Å². The lowest BCUT2D eigenvalue weighted by Gasteiger charge is -2.29. The highest BCUT2D eigenvalue weighted by atomic mass is 19.1. The summed E-state index contributed by atoms with van der Waals surface area (Å²) in [4.78, 5) is 10.6. The molecule has 0 saturated carbocycles. The lowest BCUT2D eigenvalue weighted by Crippen LogP contribution is -2.34. The third-order valence-electron chi connectivity index (χ3n) is 3.25. The van der Waals surface area contributed by atoms with Crippen molar-refractivity contribution in [3.8, 4) is 0 Å². The van der Waals surface area contributed by atoms with Crippen molar-refractivity contribution in [3.05, 3.63) is 35.6 Å². The number of nitrogens with one attached hydrogen (secondary N) is 1. The first kappa shape index (κ1) is 12.0. The summed E-state index contributed by atoms with van der Waals surface area (Å²) in [6.07, 6.45) is 2.04. The van der Waals surface area contributed by atoms with Crippen LogP contribution in [0.5, 0.6) is 0 Å². The predicted molar refractivity (Wildman–Crippen MR) is 62.1 cm³/mol. The molecule has 1 aromatic rings. The number of carboxylic acids is 1. The molecule has 0 radical (unpaired) electrons. The van der Waals surface area contributed by atoms with Crippen LogP contribution in [0.25, 0.3) is 0 Å². The Kier molecular flexibility index (Phi) is 3.74. The van der Waals surface area contributed by atoms with Crippen LogP contribution in [0.1, 0.15) is 30.9 Å². The normalized spacial score (nSPS) is 24.5. The monoisotopic (exact) mass is 237 g/mol. The average Bonchev–Trinajstić information content (AvgIpc) is 2.30. The lowest BCUT2D eigenvalue weighted by molar-refractivity contribution is -0.138. The minimum atomic E-state index is -0.739. The molecule has 4 heteroatoms. The molecule has 1 aromatic carbocycles. The number of halogens is 1. The van der Waals surface area contributed by atoms with Gasteiger partial charge in [-0.15, -0.1) is 0 Å². The maximum absolute atomic E-state index is 12.8. The number of hydrogen-bond acceptors (Lipinski definition) is 2. The third kappa shape index (κ3) is 3.27. The summed E-state index contributed by atoms with van der Waals surface area (Å²) < 4.78 is 12.8. The van der Waals surface area contributed by atoms with Gasteiger partial charge in [0.1, 0.15) is 5.82 Å². The molecule has 2 rings (SSSR count). The Balaban J connectivity index is 1.90. The first-order valence-electron chi connectivity index (χ1n) is 5.86. The molecule has 1 fully saturated rings. The zero-order chi connectivity index (χ0) is 12.3. The largest absolute Gasteiger partial charge is 0.481 e. The van der Waals surface area contributed by atoms with Crippen LogP contribution >= 0.6 is 0 Å². The minimum Gasteiger partial charge on any atom is -0.481 e. The van der Waals surface area contributed by atoms with E-state index in [1.165, 1.54) is 12.1 Å². The molecule has 1 aliphatic rings. The van der Waals surface area contributed by atoms with Crippen LogP contribution < -0.4 is 5.32 Å². The van der Waals surface area contributed by atoms with E-state index in [4.69, 9.17) is 5.11 Å². The molecule has 0 spiro atoms. The van der Waals surface area contributed by atoms with Crippen molar-refractivity contribution in [2.75, 3.05) is 6.54 Å². The summed E-state index contributed by atoms with van der Waals surface area (Å²) in [5.41, 5.74) is 1.07. The van der Waals surface area contributed by atoms with Gasteiger partial charge in [0.25, 0.3) is 0 Å². The van der Waals surface area contributed by atoms with E-state index in [9.17, 15) is 9.18 Å². The molecule has 2 unspecified atom stereocenters. The van der Waals surface area contributed by atoms with Gasteiger partial charge in [-0.3, -0.25) is 4.79 Å². The van der Waals surface area contributed by atoms with Crippen LogP contribution in [-0.4, -0.2) is 17.6 Å². The zero-order valence-electron chi connectivity index (χ0n) is 9.53. The van der Waals surface area contributed by atoms with Crippen molar-refractivity contribution in [1.82, 2.24) is 5.32 Å². The van der Waals surface area contributed by atoms with E-state index < -0.39 is 5.97 Å². The molecule has 0 amide bonds. The Morgan fingerprint density at radius 3 is 2.59 bits per heavy atom. The van der Waals surface area contributed by atoms with Gasteiger partial charge in [0.15, 0.2) is 0 Å². The SMILES string of the molecule is O=C(O)CC1CCC(c2ccc(F)cc2)NC1. The van der Waals surface area contributed by atoms with Gasteiger partial charge in [0, 0.05) is 12.5 Å². The van der Waals surface area contributed by atoms with Crippen molar-refractivity contribution in [2.24, 2.45) is 5.92 Å². The second-order valence-corrected chi connectivity index (χ2v) is 4.55. The topological polar surface area (TPSA) is 49.3 Å². The summed E-state index contributed by atoms with van der Waals surface area (Å²) in [5.74, 6) is -0.755. The van der Waals surface area contributed by atoms with Gasteiger partial charge in [-0.25, -0.2) is 4.39 Å². The molecule has 1 saturated heterocycles. The number of carbonyl (C=O) groups is 1. The first-order chi connectivity index (χ1) is 8.15. The summed E-state index contributed by atoms with van der Waals surface area (Å²) in [5, 5.41) is 12.0. The first-order valence-corrected chi connectivity index (χ1v) is 5.86. The van der Waals surface area contributed by atoms with E-state index in [1.807, 2.05) is 0 Å². The van der Waals surface area contributed by atoms with Gasteiger partial charge in [-0.05, 0) is 43.0 Å². The van der Waals surface area contributed by atoms with Gasteiger partial charge >= 0.3 is 5.97 Å². The van der Waals surface area contributed by atoms with Crippen molar-refractivity contribution in [2.45, 2.75) is 25.3 Å². The van der Waals surface area contributed by atoms with E-state index in [2.05, 4.69) is 5.32 Å². The van der Waals surface area contributed by atoms with Gasteiger partial charge in [0.2, 0.25) is 0 Å². The number of carboxylic acid groups (broad SMARTS) is 1. The Labute approximate surface area is 99.7 Å². The summed E-state index contributed by atoms with van der Waals surface area (Å²) in [7, 11) is 0. The number of rotatable bonds is 3. The van der Waals surface area contributed by atoms with Gasteiger partial charge in [-0.2, -0.15) is 0 Å². The van der Waals surface area contributed by atoms with Crippen LogP contribution in [0.3, 0.4) is 0 Å². The summed E-state index contributed by atoms with van der Waals surface area (Å²) >= 11 is 0. The van der Waals surface area contributed by atoms with Crippen LogP contribution in [0.4, 0.5) is 4.39 Å². The van der Waals surface area contributed by atoms with Crippen molar-refractivity contribution < 1.29 is 14.3 Å². The molecule has 17 heavy (non-hydrogen) atoms. The predicted octanol–water partition coefficient (Wildman–Crippen LogP) is 2.34. The summed E-state index contributed by atoms with van der Waals surface area (Å²) in [6.45, 7) is 0.717. The fourth-order valence-electron chi connectivity index (χ4n) is 2.32. The van der Waals surface area contributed by atoms with Crippen molar-refractivity contribution in [3.63, 3.8) is 0 Å². The Bertz CT molecular complexity index is 383. The van der Waals surface area contributed by atoms with Gasteiger partial charge in [-0.1, -0.05) is 12.1 Å². The molecule has 92 valence electrons. The number of benzene rings is 1. The van der Waals surface area contributed by atoms with Crippen molar-refractivity contribution >= 4 is 5.97 Å². The van der Waals surface area contributed by atoms with Crippen LogP contribution in [0.2, 0.25) is 0 Å². The highest BCUT2D eigenvalue weighted by molar-refractivity contribution is 5.67. The second kappa shape index (κ2) is 5.27. The van der Waals surface area contributed by atoms with Crippen LogP contribution in [-0.2, 0) is 4.79 Å². The van der Waals surface area contributed by atoms with Crippen LogP contribution in [0, 0.1) is 11.7 Å². The van der Waals surface area contributed by atoms with E-state index in [1.54, 1.807) is 12.1 Å². The molecule has 3 nitrogen and oxygen atoms in total. The maximum atomic E-state index is 12.8. The fourth-order valence-corrected chi connectivity index (χ4v) is 2.32. The summed E-state index contributed by atoms with van der Waals surface area (Å²) in [6, 6.07) is 6.70. The van der Waals surface area contributed by atoms with E-state index in [0.717, 1.165) is 18.4 Å². The Morgan fingerprint density at radius 2 is 2.06 bits per heavy atom. The highest BCUT2D eigenvalue weighted by Crippen LogP contribution is 2.27. The maximum Gasteiger partial charge on any atom is 0.303 e. The molecule has 0 bridgehead atoms. The van der Waals surface area contributed by atoms with Crippen molar-refractivity contribution in [1.29, 1.82) is 0 Å². The number of aliphatic carboxylic acids is 1. The molecule has 2 N–H and O–H groups in total. The quantitative estimate of drug-likeness (QED) is 0.848. The average molecular weight is 237 g/mol. The lowest BCUT2D eigenvalue weighted by atomic mass is 9.89. The Hall–Kier alpha value is -1.42. The molecule has 0 aromatic heterocycles. The smallest absolute Gasteiger partial charge is 0.303 e. The highest BCUT2D eigenvalue weighted by Gasteiger charge is 2.23. The molecule has 2 atom stereocenters. The molecule has 1 aliphatic heterocycles. The second-order valence-electron chi connectivity index (χ2n) is 4.55. The van der Waals surface area contributed by atoms with E-state index >= 15 is 0 Å². The third-order valence-corrected chi connectivity index (χ3v) is 3.25. The minimum absolute atomic E-state index is 0.212. The fraction of sp³-hybridized carbons (Fsp3) is 0.462. The molecular weight excluding hydrogens is 221 g/mol. The van der Waals surface area contributed by atoms with E-state index in [-0.39, 0.29) is 24.2 Å². The molecular formula is C13H16FNO2. The Morgan fingerprint density at radius 1 is 1.35 bits per heavy atom. The molecule has 0 aliphatic carbocycles. The van der Waals surface area contributed by atoms with E-state index in [0.29, 0.717) is 6.54 Å².